The zero-order valence-electron chi connectivity index (χ0n) is 17.8. The second kappa shape index (κ2) is 9.84. The van der Waals surface area contributed by atoms with Gasteiger partial charge in [0.05, 0.1) is 32.7 Å². The first-order valence-electron chi connectivity index (χ1n) is 10.2. The van der Waals surface area contributed by atoms with Gasteiger partial charge < -0.3 is 24.4 Å². The van der Waals surface area contributed by atoms with Gasteiger partial charge in [-0.25, -0.2) is 17.5 Å². The highest BCUT2D eigenvalue weighted by molar-refractivity contribution is 7.88. The number of amides is 2. The fraction of sp³-hybridized carbons (Fsp3) is 0.650. The second-order valence-electron chi connectivity index (χ2n) is 7.68. The van der Waals surface area contributed by atoms with Crippen molar-refractivity contribution in [2.45, 2.75) is 37.9 Å². The van der Waals surface area contributed by atoms with Crippen LogP contribution in [0, 0.1) is 0 Å². The normalized spacial score (nSPS) is 19.5. The van der Waals surface area contributed by atoms with E-state index in [9.17, 15) is 13.2 Å². The molecule has 0 spiro atoms. The van der Waals surface area contributed by atoms with E-state index in [-0.39, 0.29) is 18.2 Å². The van der Waals surface area contributed by atoms with Gasteiger partial charge in [0.15, 0.2) is 11.5 Å². The van der Waals surface area contributed by atoms with Gasteiger partial charge in [-0.05, 0) is 37.8 Å². The van der Waals surface area contributed by atoms with Crippen molar-refractivity contribution in [1.82, 2.24) is 9.21 Å². The van der Waals surface area contributed by atoms with Crippen LogP contribution in [0.3, 0.4) is 0 Å². The Morgan fingerprint density at radius 1 is 0.967 bits per heavy atom. The van der Waals surface area contributed by atoms with Gasteiger partial charge in [0.25, 0.3) is 0 Å². The molecule has 0 atom stereocenters. The number of carbonyl (C=O) groups excluding carboxylic acids is 1. The number of carbonyl (C=O) groups is 1. The molecule has 2 aliphatic rings. The van der Waals surface area contributed by atoms with Crippen LogP contribution in [0.5, 0.6) is 11.5 Å². The highest BCUT2D eigenvalue weighted by atomic mass is 32.2. The van der Waals surface area contributed by atoms with Crippen LogP contribution in [0.25, 0.3) is 0 Å². The number of hydrogen-bond donors (Lipinski definition) is 1. The molecule has 1 aromatic rings. The van der Waals surface area contributed by atoms with E-state index in [1.54, 1.807) is 37.3 Å². The van der Waals surface area contributed by atoms with Crippen LogP contribution in [0.4, 0.5) is 10.5 Å². The third-order valence-corrected chi connectivity index (χ3v) is 6.92. The van der Waals surface area contributed by atoms with Crippen molar-refractivity contribution in [2.75, 3.05) is 52.0 Å². The number of nitrogens with zero attached hydrogens (tertiary/aromatic N) is 2. The summed E-state index contributed by atoms with van der Waals surface area (Å²) in [6.45, 7) is 2.25. The van der Waals surface area contributed by atoms with Crippen LogP contribution in [0.15, 0.2) is 18.2 Å². The average Bonchev–Trinajstić information content (AvgIpc) is 2.74. The SMILES string of the molecule is COc1ccc(NC(=O)N2CCC(OC3CCN(S(C)(=O)=O)CC3)CC2)cc1OC. The Kier molecular flexibility index (Phi) is 7.43. The number of nitrogens with one attached hydrogen (secondary N) is 1. The summed E-state index contributed by atoms with van der Waals surface area (Å²) in [7, 11) is -0.000114. The van der Waals surface area contributed by atoms with Gasteiger partial charge in [-0.1, -0.05) is 0 Å². The molecular weight excluding hydrogens is 410 g/mol. The van der Waals surface area contributed by atoms with Crippen LogP contribution >= 0.6 is 0 Å². The number of urea groups is 1. The Bertz CT molecular complexity index is 831. The Morgan fingerprint density at radius 3 is 2.07 bits per heavy atom. The van der Waals surface area contributed by atoms with Gasteiger partial charge in [0, 0.05) is 37.9 Å². The maximum absolute atomic E-state index is 12.6. The summed E-state index contributed by atoms with van der Waals surface area (Å²) in [4.78, 5) is 14.4. The number of ether oxygens (including phenoxy) is 3. The maximum Gasteiger partial charge on any atom is 0.321 e. The molecule has 168 valence electrons. The second-order valence-corrected chi connectivity index (χ2v) is 9.67. The van der Waals surface area contributed by atoms with E-state index in [1.165, 1.54) is 10.6 Å². The molecule has 0 unspecified atom stereocenters. The average molecular weight is 442 g/mol. The quantitative estimate of drug-likeness (QED) is 0.726. The lowest BCUT2D eigenvalue weighted by atomic mass is 10.1. The zero-order chi connectivity index (χ0) is 21.7. The number of piperidine rings is 2. The minimum absolute atomic E-state index is 0.0835. The summed E-state index contributed by atoms with van der Waals surface area (Å²) in [6.07, 6.45) is 4.40. The number of anilines is 1. The lowest BCUT2D eigenvalue weighted by molar-refractivity contribution is -0.0542. The number of methoxy groups -OCH3 is 2. The van der Waals surface area contributed by atoms with E-state index in [0.29, 0.717) is 56.2 Å². The number of rotatable bonds is 6. The van der Waals surface area contributed by atoms with Crippen molar-refractivity contribution in [3.8, 4) is 11.5 Å². The third-order valence-electron chi connectivity index (χ3n) is 5.62. The van der Waals surface area contributed by atoms with E-state index in [4.69, 9.17) is 14.2 Å². The van der Waals surface area contributed by atoms with Crippen molar-refractivity contribution in [2.24, 2.45) is 0 Å². The van der Waals surface area contributed by atoms with Gasteiger partial charge in [-0.15, -0.1) is 0 Å². The smallest absolute Gasteiger partial charge is 0.321 e. The summed E-state index contributed by atoms with van der Waals surface area (Å²) in [5.74, 6) is 1.17. The van der Waals surface area contributed by atoms with Gasteiger partial charge in [0.2, 0.25) is 10.0 Å². The topological polar surface area (TPSA) is 97.4 Å². The van der Waals surface area contributed by atoms with Crippen molar-refractivity contribution in [3.63, 3.8) is 0 Å². The Labute approximate surface area is 178 Å². The molecule has 2 saturated heterocycles. The largest absolute Gasteiger partial charge is 0.493 e. The summed E-state index contributed by atoms with van der Waals surface area (Å²) in [6, 6.07) is 5.11. The van der Waals surface area contributed by atoms with E-state index < -0.39 is 10.0 Å². The van der Waals surface area contributed by atoms with Gasteiger partial charge in [-0.2, -0.15) is 0 Å². The monoisotopic (exact) mass is 441 g/mol. The molecule has 2 fully saturated rings. The Morgan fingerprint density at radius 2 is 1.53 bits per heavy atom. The van der Waals surface area contributed by atoms with E-state index >= 15 is 0 Å². The molecule has 2 aliphatic heterocycles. The molecule has 0 saturated carbocycles. The molecule has 0 radical (unpaired) electrons. The van der Waals surface area contributed by atoms with Crippen LogP contribution in [0.2, 0.25) is 0 Å². The Hall–Kier alpha value is -2.04. The molecule has 9 nitrogen and oxygen atoms in total. The lowest BCUT2D eigenvalue weighted by Crippen LogP contribution is -2.45. The van der Waals surface area contributed by atoms with E-state index in [2.05, 4.69) is 5.32 Å². The predicted octanol–water partition coefficient (Wildman–Crippen LogP) is 2.14. The maximum atomic E-state index is 12.6. The molecule has 1 aromatic carbocycles. The molecule has 1 N–H and O–H groups in total. The fourth-order valence-corrected chi connectivity index (χ4v) is 4.76. The van der Waals surface area contributed by atoms with Crippen molar-refractivity contribution >= 4 is 21.7 Å². The first-order valence-corrected chi connectivity index (χ1v) is 12.0. The standard InChI is InChI=1S/C20H31N3O6S/c1-27-18-5-4-15(14-19(18)28-2)21-20(24)22-10-6-16(7-11-22)29-17-8-12-23(13-9-17)30(3,25)26/h4-5,14,16-17H,6-13H2,1-3H3,(H,21,24). The van der Waals surface area contributed by atoms with Gasteiger partial charge in [0.1, 0.15) is 0 Å². The molecule has 3 rings (SSSR count). The van der Waals surface area contributed by atoms with Crippen LogP contribution in [0.1, 0.15) is 25.7 Å². The lowest BCUT2D eigenvalue weighted by Gasteiger charge is -2.36. The molecule has 2 heterocycles. The molecule has 0 aromatic heterocycles. The summed E-state index contributed by atoms with van der Waals surface area (Å²) < 4.78 is 41.4. The fourth-order valence-electron chi connectivity index (χ4n) is 3.88. The summed E-state index contributed by atoms with van der Waals surface area (Å²) in [5.41, 5.74) is 0.647. The van der Waals surface area contributed by atoms with Crippen LogP contribution in [-0.4, -0.2) is 82.5 Å². The number of benzene rings is 1. The first kappa shape index (κ1) is 22.6. The number of sulfonamides is 1. The molecule has 0 aliphatic carbocycles. The molecule has 0 bridgehead atoms. The van der Waals surface area contributed by atoms with E-state index in [1.807, 2.05) is 0 Å². The minimum Gasteiger partial charge on any atom is -0.493 e. The van der Waals surface area contributed by atoms with Crippen molar-refractivity contribution in [1.29, 1.82) is 0 Å². The number of hydrogen-bond acceptors (Lipinski definition) is 6. The molecule has 30 heavy (non-hydrogen) atoms. The van der Waals surface area contributed by atoms with Crippen LogP contribution < -0.4 is 14.8 Å². The van der Waals surface area contributed by atoms with Gasteiger partial charge >= 0.3 is 6.03 Å². The van der Waals surface area contributed by atoms with Crippen molar-refractivity contribution in [3.05, 3.63) is 18.2 Å². The van der Waals surface area contributed by atoms with Gasteiger partial charge in [-0.3, -0.25) is 0 Å². The van der Waals surface area contributed by atoms with E-state index in [0.717, 1.165) is 12.8 Å². The summed E-state index contributed by atoms with van der Waals surface area (Å²) in [5, 5.41) is 2.90. The van der Waals surface area contributed by atoms with Crippen molar-refractivity contribution < 1.29 is 27.4 Å². The Balaban J connectivity index is 1.44. The summed E-state index contributed by atoms with van der Waals surface area (Å²) >= 11 is 0. The number of likely N-dealkylation sites (tertiary alicyclic amines) is 1. The molecule has 10 heteroatoms. The molecule has 2 amide bonds. The highest BCUT2D eigenvalue weighted by Crippen LogP contribution is 2.30. The van der Waals surface area contributed by atoms with Crippen LogP contribution in [-0.2, 0) is 14.8 Å². The predicted molar refractivity (Wildman–Crippen MR) is 114 cm³/mol. The zero-order valence-corrected chi connectivity index (χ0v) is 18.6. The minimum atomic E-state index is -3.12. The third kappa shape index (κ3) is 5.77. The first-order chi connectivity index (χ1) is 14.3. The highest BCUT2D eigenvalue weighted by Gasteiger charge is 2.29. The molecular formula is C20H31N3O6S.